The molecule has 2 rings (SSSR count). The zero-order chi connectivity index (χ0) is 12.1. The molecule has 0 aliphatic carbocycles. The maximum Gasteiger partial charge on any atom is 0.109 e. The minimum absolute atomic E-state index is 0.275. The van der Waals surface area contributed by atoms with Crippen LogP contribution in [-0.2, 0) is 0 Å². The summed E-state index contributed by atoms with van der Waals surface area (Å²) in [6.07, 6.45) is 6.24. The number of unbranched alkanes of at least 4 members (excludes halogenated alkanes) is 1. The zero-order valence-electron chi connectivity index (χ0n) is 10.7. The SMILES string of the molecule is CCCC[N+]1(O)CCC(c2ccccn2)CC1. The number of nitrogens with zero attached hydrogens (tertiary/aromatic N) is 2. The van der Waals surface area contributed by atoms with E-state index in [9.17, 15) is 5.21 Å². The Bertz CT molecular complexity index is 331. The monoisotopic (exact) mass is 235 g/mol. The molecule has 1 fully saturated rings. The lowest BCUT2D eigenvalue weighted by atomic mass is 9.92. The molecule has 0 aromatic carbocycles. The fraction of sp³-hybridized carbons (Fsp3) is 0.643. The Morgan fingerprint density at radius 3 is 2.71 bits per heavy atom. The van der Waals surface area contributed by atoms with Gasteiger partial charge >= 0.3 is 0 Å². The highest BCUT2D eigenvalue weighted by molar-refractivity contribution is 5.09. The Hall–Kier alpha value is -0.930. The van der Waals surface area contributed by atoms with E-state index in [1.807, 2.05) is 12.3 Å². The van der Waals surface area contributed by atoms with E-state index in [4.69, 9.17) is 0 Å². The van der Waals surface area contributed by atoms with Gasteiger partial charge in [-0.15, -0.1) is 0 Å². The number of pyridine rings is 1. The number of aromatic nitrogens is 1. The maximum atomic E-state index is 10.4. The Morgan fingerprint density at radius 2 is 2.12 bits per heavy atom. The fourth-order valence-electron chi connectivity index (χ4n) is 2.64. The van der Waals surface area contributed by atoms with Crippen molar-refractivity contribution in [2.75, 3.05) is 19.6 Å². The van der Waals surface area contributed by atoms with Gasteiger partial charge in [0.05, 0.1) is 0 Å². The molecule has 0 radical (unpaired) electrons. The van der Waals surface area contributed by atoms with Crippen LogP contribution in [0.2, 0.25) is 0 Å². The summed E-state index contributed by atoms with van der Waals surface area (Å²) in [4.78, 5) is 4.42. The lowest BCUT2D eigenvalue weighted by molar-refractivity contribution is -1.10. The number of hydroxylamine groups is 3. The van der Waals surface area contributed by atoms with Crippen molar-refractivity contribution in [1.82, 2.24) is 4.98 Å². The lowest BCUT2D eigenvalue weighted by Gasteiger charge is -2.36. The molecule has 17 heavy (non-hydrogen) atoms. The second kappa shape index (κ2) is 5.61. The highest BCUT2D eigenvalue weighted by Crippen LogP contribution is 2.29. The van der Waals surface area contributed by atoms with E-state index in [1.54, 1.807) is 0 Å². The van der Waals surface area contributed by atoms with Crippen molar-refractivity contribution >= 4 is 0 Å². The molecule has 2 heterocycles. The van der Waals surface area contributed by atoms with Crippen LogP contribution in [0.3, 0.4) is 0 Å². The minimum atomic E-state index is 0.275. The summed E-state index contributed by atoms with van der Waals surface area (Å²) in [6, 6.07) is 6.11. The fourth-order valence-corrected chi connectivity index (χ4v) is 2.64. The summed E-state index contributed by atoms with van der Waals surface area (Å²) in [7, 11) is 0. The molecule has 1 aromatic heterocycles. The van der Waals surface area contributed by atoms with Crippen LogP contribution in [0.15, 0.2) is 24.4 Å². The summed E-state index contributed by atoms with van der Waals surface area (Å²) < 4.78 is 0.275. The van der Waals surface area contributed by atoms with Crippen LogP contribution in [0.25, 0.3) is 0 Å². The predicted molar refractivity (Wildman–Crippen MR) is 67.8 cm³/mol. The zero-order valence-corrected chi connectivity index (χ0v) is 10.7. The van der Waals surface area contributed by atoms with E-state index < -0.39 is 0 Å². The van der Waals surface area contributed by atoms with Gasteiger partial charge in [-0.2, -0.15) is 4.65 Å². The minimum Gasteiger partial charge on any atom is -0.261 e. The number of rotatable bonds is 4. The lowest BCUT2D eigenvalue weighted by Crippen LogP contribution is -2.50. The van der Waals surface area contributed by atoms with E-state index in [0.29, 0.717) is 5.92 Å². The molecule has 0 atom stereocenters. The number of hydrogen-bond donors (Lipinski definition) is 1. The van der Waals surface area contributed by atoms with Crippen LogP contribution < -0.4 is 0 Å². The third kappa shape index (κ3) is 3.27. The second-order valence-electron chi connectivity index (χ2n) is 5.15. The average Bonchev–Trinajstić information content (AvgIpc) is 2.38. The van der Waals surface area contributed by atoms with Gasteiger partial charge in [-0.1, -0.05) is 19.4 Å². The van der Waals surface area contributed by atoms with E-state index in [0.717, 1.165) is 45.3 Å². The van der Waals surface area contributed by atoms with E-state index in [1.165, 1.54) is 5.69 Å². The molecule has 3 nitrogen and oxygen atoms in total. The quantitative estimate of drug-likeness (QED) is 0.814. The summed E-state index contributed by atoms with van der Waals surface area (Å²) >= 11 is 0. The summed E-state index contributed by atoms with van der Waals surface area (Å²) in [5, 5.41) is 10.4. The van der Waals surface area contributed by atoms with Gasteiger partial charge < -0.3 is 0 Å². The van der Waals surface area contributed by atoms with Crippen molar-refractivity contribution in [2.24, 2.45) is 0 Å². The van der Waals surface area contributed by atoms with Crippen LogP contribution in [0.4, 0.5) is 0 Å². The number of hydrogen-bond acceptors (Lipinski definition) is 2. The van der Waals surface area contributed by atoms with Crippen molar-refractivity contribution < 1.29 is 9.85 Å². The van der Waals surface area contributed by atoms with Gasteiger partial charge in [0.25, 0.3) is 0 Å². The standard InChI is InChI=1S/C14H23N2O/c1-2-3-10-16(17)11-7-13(8-12-16)14-6-4-5-9-15-14/h4-6,9,13,17H,2-3,7-8,10-12H2,1H3/q+1. The Kier molecular flexibility index (Phi) is 4.13. The number of piperidine rings is 1. The molecule has 1 saturated heterocycles. The Balaban J connectivity index is 1.90. The highest BCUT2D eigenvalue weighted by Gasteiger charge is 2.33. The first kappa shape index (κ1) is 12.5. The van der Waals surface area contributed by atoms with E-state index >= 15 is 0 Å². The Morgan fingerprint density at radius 1 is 1.35 bits per heavy atom. The molecule has 0 bridgehead atoms. The van der Waals surface area contributed by atoms with Crippen molar-refractivity contribution in [3.8, 4) is 0 Å². The first-order chi connectivity index (χ1) is 8.23. The van der Waals surface area contributed by atoms with Crippen LogP contribution >= 0.6 is 0 Å². The second-order valence-corrected chi connectivity index (χ2v) is 5.15. The smallest absolute Gasteiger partial charge is 0.109 e. The molecule has 1 aliphatic rings. The molecule has 1 N–H and O–H groups in total. The van der Waals surface area contributed by atoms with Crippen LogP contribution in [0.5, 0.6) is 0 Å². The first-order valence-corrected chi connectivity index (χ1v) is 6.73. The van der Waals surface area contributed by atoms with E-state index in [-0.39, 0.29) is 4.65 Å². The molecule has 0 saturated carbocycles. The van der Waals surface area contributed by atoms with Crippen LogP contribution in [0, 0.1) is 0 Å². The molecule has 0 unspecified atom stereocenters. The maximum absolute atomic E-state index is 10.4. The average molecular weight is 235 g/mol. The molecular weight excluding hydrogens is 212 g/mol. The summed E-state index contributed by atoms with van der Waals surface area (Å²) in [5.41, 5.74) is 1.19. The topological polar surface area (TPSA) is 33.1 Å². The van der Waals surface area contributed by atoms with Gasteiger partial charge in [0.2, 0.25) is 0 Å². The first-order valence-electron chi connectivity index (χ1n) is 6.73. The van der Waals surface area contributed by atoms with Gasteiger partial charge in [0.15, 0.2) is 0 Å². The third-order valence-electron chi connectivity index (χ3n) is 3.82. The third-order valence-corrected chi connectivity index (χ3v) is 3.82. The molecule has 1 aliphatic heterocycles. The van der Waals surface area contributed by atoms with Gasteiger partial charge in [0, 0.05) is 30.7 Å². The molecular formula is C14H23N2O+. The normalized spacial score (nSPS) is 29.2. The van der Waals surface area contributed by atoms with Crippen molar-refractivity contribution in [2.45, 2.75) is 38.5 Å². The van der Waals surface area contributed by atoms with Gasteiger partial charge in [-0.05, 0) is 18.6 Å². The summed E-state index contributed by atoms with van der Waals surface area (Å²) in [5.74, 6) is 0.538. The number of likely N-dealkylation sites (tertiary alicyclic amines) is 1. The largest absolute Gasteiger partial charge is 0.261 e. The van der Waals surface area contributed by atoms with Crippen molar-refractivity contribution in [1.29, 1.82) is 0 Å². The van der Waals surface area contributed by atoms with Gasteiger partial charge in [-0.3, -0.25) is 4.98 Å². The highest BCUT2D eigenvalue weighted by atomic mass is 16.5. The molecule has 94 valence electrons. The van der Waals surface area contributed by atoms with Gasteiger partial charge in [0.1, 0.15) is 19.6 Å². The van der Waals surface area contributed by atoms with Gasteiger partial charge in [-0.25, -0.2) is 5.21 Å². The molecule has 3 heteroatoms. The Labute approximate surface area is 104 Å². The molecule has 0 spiro atoms. The van der Waals surface area contributed by atoms with Crippen molar-refractivity contribution in [3.63, 3.8) is 0 Å². The van der Waals surface area contributed by atoms with Crippen LogP contribution in [-0.4, -0.2) is 34.5 Å². The van der Waals surface area contributed by atoms with E-state index in [2.05, 4.69) is 24.0 Å². The van der Waals surface area contributed by atoms with Crippen LogP contribution in [0.1, 0.15) is 44.2 Å². The number of quaternary nitrogens is 1. The predicted octanol–water partition coefficient (Wildman–Crippen LogP) is 2.97. The summed E-state index contributed by atoms with van der Waals surface area (Å²) in [6.45, 7) is 4.83. The molecule has 1 aromatic rings. The van der Waals surface area contributed by atoms with Crippen molar-refractivity contribution in [3.05, 3.63) is 30.1 Å². The molecule has 0 amide bonds.